The van der Waals surface area contributed by atoms with Gasteiger partial charge in [-0.15, -0.1) is 0 Å². The molecule has 2 heterocycles. The Morgan fingerprint density at radius 2 is 1.17 bits per heavy atom. The molecule has 2 fully saturated rings. The number of hydrogen-bond donors (Lipinski definition) is 0. The zero-order valence-corrected chi connectivity index (χ0v) is 23.2. The molecular weight excluding hydrogens is 579 g/mol. The maximum absolute atomic E-state index is 11.9. The van der Waals surface area contributed by atoms with Crippen LogP contribution in [0.4, 0.5) is 0 Å². The SMILES string of the molecule is CC(=O)OCC1OC(OC2C(CI)OC(OC(C)=O)C(OC(C)=O)C2C)C(OC(C)=O)C(C)C1C. The summed E-state index contributed by atoms with van der Waals surface area (Å²) in [6, 6.07) is 0. The maximum atomic E-state index is 11.9. The summed E-state index contributed by atoms with van der Waals surface area (Å²) in [5.74, 6) is -2.84. The number of rotatable bonds is 8. The van der Waals surface area contributed by atoms with Gasteiger partial charge >= 0.3 is 23.9 Å². The van der Waals surface area contributed by atoms with E-state index in [1.54, 1.807) is 6.92 Å². The Balaban J connectivity index is 2.33. The Kier molecular flexibility index (Phi) is 11.2. The smallest absolute Gasteiger partial charge is 0.305 e. The van der Waals surface area contributed by atoms with Gasteiger partial charge in [0.2, 0.25) is 6.29 Å². The van der Waals surface area contributed by atoms with Gasteiger partial charge in [0.25, 0.3) is 0 Å². The maximum Gasteiger partial charge on any atom is 0.305 e. The fraction of sp³-hybridized carbons (Fsp3) is 0.826. The summed E-state index contributed by atoms with van der Waals surface area (Å²) >= 11 is 2.12. The van der Waals surface area contributed by atoms with Gasteiger partial charge in [-0.05, 0) is 5.92 Å². The lowest BCUT2D eigenvalue weighted by molar-refractivity contribution is -0.335. The zero-order chi connectivity index (χ0) is 26.4. The summed E-state index contributed by atoms with van der Waals surface area (Å²) in [4.78, 5) is 46.6. The van der Waals surface area contributed by atoms with Crippen molar-refractivity contribution in [3.05, 3.63) is 0 Å². The van der Waals surface area contributed by atoms with E-state index in [9.17, 15) is 19.2 Å². The number of hydrogen-bond acceptors (Lipinski definition) is 11. The largest absolute Gasteiger partial charge is 0.463 e. The summed E-state index contributed by atoms with van der Waals surface area (Å²) in [6.07, 6.45) is -5.48. The van der Waals surface area contributed by atoms with Crippen molar-refractivity contribution in [2.24, 2.45) is 17.8 Å². The van der Waals surface area contributed by atoms with Gasteiger partial charge in [0, 0.05) is 44.0 Å². The number of ether oxygens (including phenoxy) is 7. The third kappa shape index (κ3) is 7.99. The Morgan fingerprint density at radius 1 is 0.657 bits per heavy atom. The Bertz CT molecular complexity index is 773. The first kappa shape index (κ1) is 29.7. The molecule has 0 aromatic heterocycles. The van der Waals surface area contributed by atoms with Crippen LogP contribution in [0.3, 0.4) is 0 Å². The molecule has 11 nitrogen and oxygen atoms in total. The predicted octanol–water partition coefficient (Wildman–Crippen LogP) is 2.15. The van der Waals surface area contributed by atoms with E-state index < -0.39 is 72.9 Å². The molecule has 10 atom stereocenters. The summed E-state index contributed by atoms with van der Waals surface area (Å²) in [7, 11) is 0. The highest BCUT2D eigenvalue weighted by Gasteiger charge is 2.51. The normalized spacial score (nSPS) is 37.1. The Morgan fingerprint density at radius 3 is 1.66 bits per heavy atom. The minimum atomic E-state index is -1.10. The van der Waals surface area contributed by atoms with Crippen molar-refractivity contribution in [3.8, 4) is 0 Å². The van der Waals surface area contributed by atoms with Crippen molar-refractivity contribution in [3.63, 3.8) is 0 Å². The van der Waals surface area contributed by atoms with E-state index in [1.165, 1.54) is 27.7 Å². The van der Waals surface area contributed by atoms with Crippen LogP contribution in [0, 0.1) is 17.8 Å². The third-order valence-corrected chi connectivity index (χ3v) is 7.14. The molecule has 10 unspecified atom stereocenters. The molecule has 2 aliphatic heterocycles. The molecule has 0 aliphatic carbocycles. The van der Waals surface area contributed by atoms with Gasteiger partial charge < -0.3 is 33.2 Å². The third-order valence-electron chi connectivity index (χ3n) is 6.27. The van der Waals surface area contributed by atoms with Crippen LogP contribution in [0.2, 0.25) is 0 Å². The molecular formula is C23H35IO11. The fourth-order valence-corrected chi connectivity index (χ4v) is 5.03. The number of carbonyl (C=O) groups is 4. The lowest BCUT2D eigenvalue weighted by Crippen LogP contribution is -2.60. The monoisotopic (exact) mass is 614 g/mol. The van der Waals surface area contributed by atoms with Crippen molar-refractivity contribution < 1.29 is 52.3 Å². The highest BCUT2D eigenvalue weighted by atomic mass is 127. The summed E-state index contributed by atoms with van der Waals surface area (Å²) in [6.45, 7) is 10.8. The molecule has 0 amide bonds. The number of halogens is 1. The average Bonchev–Trinajstić information content (AvgIpc) is 2.75. The zero-order valence-electron chi connectivity index (χ0n) is 21.1. The molecule has 0 aromatic rings. The number of esters is 4. The molecule has 0 radical (unpaired) electrons. The second-order valence-electron chi connectivity index (χ2n) is 8.98. The topological polar surface area (TPSA) is 133 Å². The number of alkyl halides is 1. The molecule has 0 bridgehead atoms. The summed E-state index contributed by atoms with van der Waals surface area (Å²) in [5, 5.41) is 0. The van der Waals surface area contributed by atoms with Gasteiger partial charge in [0.05, 0.1) is 18.3 Å². The second-order valence-corrected chi connectivity index (χ2v) is 9.86. The van der Waals surface area contributed by atoms with E-state index in [0.717, 1.165) is 0 Å². The Labute approximate surface area is 218 Å². The van der Waals surface area contributed by atoms with Crippen LogP contribution in [-0.4, -0.2) is 78.0 Å². The van der Waals surface area contributed by atoms with Crippen LogP contribution >= 0.6 is 22.6 Å². The standard InChI is InChI=1S/C23H35IO11/c1-10-11(2)20(30-14(5)26)23(34-18(10)9-29-13(4)25)35-19-12(3)21(31-15(6)27)22(32-16(7)28)33-17(19)8-24/h10-12,17-23H,8-9H2,1-7H3. The molecule has 0 saturated carbocycles. The minimum absolute atomic E-state index is 0.0184. The van der Waals surface area contributed by atoms with E-state index >= 15 is 0 Å². The van der Waals surface area contributed by atoms with Crippen molar-refractivity contribution in [2.75, 3.05) is 11.0 Å². The van der Waals surface area contributed by atoms with Gasteiger partial charge in [0.1, 0.15) is 6.61 Å². The second kappa shape index (κ2) is 13.2. The van der Waals surface area contributed by atoms with E-state index in [4.69, 9.17) is 33.2 Å². The van der Waals surface area contributed by atoms with Gasteiger partial charge in [-0.25, -0.2) is 0 Å². The molecule has 0 spiro atoms. The first-order chi connectivity index (χ1) is 16.3. The van der Waals surface area contributed by atoms with E-state index in [-0.39, 0.29) is 18.4 Å². The van der Waals surface area contributed by atoms with Gasteiger partial charge in [-0.1, -0.05) is 43.4 Å². The minimum Gasteiger partial charge on any atom is -0.463 e. The van der Waals surface area contributed by atoms with E-state index in [1.807, 2.05) is 13.8 Å². The molecule has 200 valence electrons. The summed E-state index contributed by atoms with van der Waals surface area (Å²) in [5.41, 5.74) is 0. The van der Waals surface area contributed by atoms with Crippen molar-refractivity contribution in [1.82, 2.24) is 0 Å². The van der Waals surface area contributed by atoms with Crippen molar-refractivity contribution in [2.45, 2.75) is 91.6 Å². The van der Waals surface area contributed by atoms with Gasteiger partial charge in [0.15, 0.2) is 18.5 Å². The first-order valence-corrected chi connectivity index (χ1v) is 13.1. The molecule has 2 saturated heterocycles. The molecule has 12 heteroatoms. The van der Waals surface area contributed by atoms with Crippen molar-refractivity contribution in [1.29, 1.82) is 0 Å². The summed E-state index contributed by atoms with van der Waals surface area (Å²) < 4.78 is 40.4. The van der Waals surface area contributed by atoms with E-state index in [2.05, 4.69) is 22.6 Å². The first-order valence-electron chi connectivity index (χ1n) is 11.5. The molecule has 0 aromatic carbocycles. The van der Waals surface area contributed by atoms with Crippen LogP contribution in [0.1, 0.15) is 48.5 Å². The highest BCUT2D eigenvalue weighted by Crippen LogP contribution is 2.38. The fourth-order valence-electron chi connectivity index (χ4n) is 4.32. The predicted molar refractivity (Wildman–Crippen MR) is 128 cm³/mol. The molecule has 35 heavy (non-hydrogen) atoms. The molecule has 2 rings (SSSR count). The Hall–Kier alpha value is -1.51. The van der Waals surface area contributed by atoms with Gasteiger partial charge in [-0.3, -0.25) is 19.2 Å². The van der Waals surface area contributed by atoms with Crippen LogP contribution in [0.25, 0.3) is 0 Å². The lowest BCUT2D eigenvalue weighted by atomic mass is 9.83. The quantitative estimate of drug-likeness (QED) is 0.172. The van der Waals surface area contributed by atoms with Crippen LogP contribution in [0.15, 0.2) is 0 Å². The van der Waals surface area contributed by atoms with Crippen molar-refractivity contribution >= 4 is 46.5 Å². The highest BCUT2D eigenvalue weighted by molar-refractivity contribution is 14.1. The van der Waals surface area contributed by atoms with Gasteiger partial charge in [-0.2, -0.15) is 0 Å². The lowest BCUT2D eigenvalue weighted by Gasteiger charge is -2.48. The number of carbonyl (C=O) groups excluding carboxylic acids is 4. The van der Waals surface area contributed by atoms with Crippen LogP contribution < -0.4 is 0 Å². The molecule has 2 aliphatic rings. The van der Waals surface area contributed by atoms with E-state index in [0.29, 0.717) is 4.43 Å². The molecule has 0 N–H and O–H groups in total. The average molecular weight is 614 g/mol. The van der Waals surface area contributed by atoms with Crippen LogP contribution in [-0.2, 0) is 52.3 Å². The van der Waals surface area contributed by atoms with Crippen LogP contribution in [0.5, 0.6) is 0 Å².